The van der Waals surface area contributed by atoms with Crippen LogP contribution in [0.25, 0.3) is 0 Å². The highest BCUT2D eigenvalue weighted by Gasteiger charge is 2.35. The highest BCUT2D eigenvalue weighted by Crippen LogP contribution is 2.19. The van der Waals surface area contributed by atoms with Gasteiger partial charge in [-0.1, -0.05) is 19.8 Å². The van der Waals surface area contributed by atoms with Crippen molar-refractivity contribution in [3.05, 3.63) is 0 Å². The van der Waals surface area contributed by atoms with Crippen LogP contribution in [0.5, 0.6) is 0 Å². The highest BCUT2D eigenvalue weighted by atomic mass is 16.4. The van der Waals surface area contributed by atoms with Crippen molar-refractivity contribution in [2.45, 2.75) is 51.1 Å². The topological polar surface area (TPSA) is 83.6 Å². The molecule has 0 bridgehead atoms. The molecule has 0 aliphatic carbocycles. The summed E-state index contributed by atoms with van der Waals surface area (Å²) >= 11 is 0. The Bertz CT molecular complexity index is 268. The van der Waals surface area contributed by atoms with Crippen molar-refractivity contribution in [1.82, 2.24) is 4.90 Å². The van der Waals surface area contributed by atoms with Gasteiger partial charge in [-0.05, 0) is 19.3 Å². The molecule has 16 heavy (non-hydrogen) atoms. The van der Waals surface area contributed by atoms with E-state index in [0.717, 1.165) is 19.3 Å². The molecule has 2 atom stereocenters. The third kappa shape index (κ3) is 2.95. The van der Waals surface area contributed by atoms with E-state index in [9.17, 15) is 9.59 Å². The molecule has 3 N–H and O–H groups in total. The van der Waals surface area contributed by atoms with Gasteiger partial charge in [0.25, 0.3) is 0 Å². The molecule has 0 spiro atoms. The second kappa shape index (κ2) is 5.84. The van der Waals surface area contributed by atoms with E-state index in [1.54, 1.807) is 0 Å². The standard InChI is InChI=1S/C11H20N2O3/c1-2-3-5-8(12)10(14)13-7-4-6-9(13)11(15)16/h8-9H,2-7,12H2,1H3,(H,15,16)/t8?,9-/m1/s1. The number of aliphatic carboxylic acids is 1. The zero-order chi connectivity index (χ0) is 12.1. The van der Waals surface area contributed by atoms with Gasteiger partial charge in [-0.25, -0.2) is 4.79 Å². The molecular formula is C11H20N2O3. The molecule has 1 saturated heterocycles. The lowest BCUT2D eigenvalue weighted by atomic mass is 10.1. The molecule has 0 aromatic heterocycles. The average molecular weight is 228 g/mol. The number of unbranched alkanes of at least 4 members (excludes halogenated alkanes) is 1. The van der Waals surface area contributed by atoms with E-state index in [-0.39, 0.29) is 5.91 Å². The molecule has 1 amide bonds. The molecular weight excluding hydrogens is 208 g/mol. The van der Waals surface area contributed by atoms with Crippen LogP contribution < -0.4 is 5.73 Å². The maximum Gasteiger partial charge on any atom is 0.326 e. The quantitative estimate of drug-likeness (QED) is 0.721. The van der Waals surface area contributed by atoms with Crippen LogP contribution >= 0.6 is 0 Å². The molecule has 5 heteroatoms. The summed E-state index contributed by atoms with van der Waals surface area (Å²) in [6, 6.07) is -1.21. The number of hydrogen-bond donors (Lipinski definition) is 2. The molecule has 5 nitrogen and oxygen atoms in total. The van der Waals surface area contributed by atoms with Gasteiger partial charge in [0.05, 0.1) is 6.04 Å². The zero-order valence-electron chi connectivity index (χ0n) is 9.69. The maximum atomic E-state index is 11.9. The van der Waals surface area contributed by atoms with Crippen molar-refractivity contribution in [2.75, 3.05) is 6.54 Å². The van der Waals surface area contributed by atoms with Crippen molar-refractivity contribution in [3.63, 3.8) is 0 Å². The van der Waals surface area contributed by atoms with Crippen LogP contribution in [0.1, 0.15) is 39.0 Å². The maximum absolute atomic E-state index is 11.9. The number of carbonyl (C=O) groups excluding carboxylic acids is 1. The first kappa shape index (κ1) is 13.0. The number of nitrogens with zero attached hydrogens (tertiary/aromatic N) is 1. The summed E-state index contributed by atoms with van der Waals surface area (Å²) in [5.41, 5.74) is 5.76. The summed E-state index contributed by atoms with van der Waals surface area (Å²) in [5, 5.41) is 8.96. The second-order valence-corrected chi connectivity index (χ2v) is 4.28. The molecule has 1 rings (SSSR count). The first-order valence-corrected chi connectivity index (χ1v) is 5.86. The molecule has 1 aliphatic rings. The number of carbonyl (C=O) groups is 2. The van der Waals surface area contributed by atoms with E-state index < -0.39 is 18.1 Å². The fourth-order valence-electron chi connectivity index (χ4n) is 2.05. The predicted molar refractivity (Wildman–Crippen MR) is 59.9 cm³/mol. The van der Waals surface area contributed by atoms with E-state index in [2.05, 4.69) is 0 Å². The number of nitrogens with two attached hydrogens (primary N) is 1. The van der Waals surface area contributed by atoms with Crippen LogP contribution in [0.15, 0.2) is 0 Å². The monoisotopic (exact) mass is 228 g/mol. The largest absolute Gasteiger partial charge is 0.480 e. The summed E-state index contributed by atoms with van der Waals surface area (Å²) in [6.45, 7) is 2.56. The summed E-state index contributed by atoms with van der Waals surface area (Å²) in [4.78, 5) is 24.2. The summed E-state index contributed by atoms with van der Waals surface area (Å²) in [6.07, 6.45) is 3.82. The van der Waals surface area contributed by atoms with Crippen molar-refractivity contribution in [1.29, 1.82) is 0 Å². The first-order chi connectivity index (χ1) is 7.57. The predicted octanol–water partition coefficient (Wildman–Crippen LogP) is 0.579. The molecule has 0 aromatic rings. The van der Waals surface area contributed by atoms with E-state index in [1.807, 2.05) is 6.92 Å². The lowest BCUT2D eigenvalue weighted by molar-refractivity contribution is -0.148. The van der Waals surface area contributed by atoms with Crippen LogP contribution in [-0.4, -0.2) is 40.5 Å². The lowest BCUT2D eigenvalue weighted by Crippen LogP contribution is -2.48. The van der Waals surface area contributed by atoms with Crippen molar-refractivity contribution in [3.8, 4) is 0 Å². The minimum Gasteiger partial charge on any atom is -0.480 e. The van der Waals surface area contributed by atoms with Gasteiger partial charge in [-0.15, -0.1) is 0 Å². The smallest absolute Gasteiger partial charge is 0.326 e. The average Bonchev–Trinajstić information content (AvgIpc) is 2.73. The fourth-order valence-corrected chi connectivity index (χ4v) is 2.05. The summed E-state index contributed by atoms with van der Waals surface area (Å²) in [5.74, 6) is -1.13. The SMILES string of the molecule is CCCCC(N)C(=O)N1CCC[C@@H]1C(=O)O. The molecule has 1 fully saturated rings. The fraction of sp³-hybridized carbons (Fsp3) is 0.818. The van der Waals surface area contributed by atoms with Crippen molar-refractivity contribution < 1.29 is 14.7 Å². The van der Waals surface area contributed by atoms with Crippen LogP contribution in [0.4, 0.5) is 0 Å². The normalized spacial score (nSPS) is 22.1. The van der Waals surface area contributed by atoms with E-state index >= 15 is 0 Å². The Morgan fingerprint density at radius 3 is 2.81 bits per heavy atom. The van der Waals surface area contributed by atoms with Gasteiger partial charge >= 0.3 is 5.97 Å². The Kier molecular flexibility index (Phi) is 4.73. The highest BCUT2D eigenvalue weighted by molar-refractivity contribution is 5.87. The van der Waals surface area contributed by atoms with Gasteiger partial charge in [-0.2, -0.15) is 0 Å². The number of likely N-dealkylation sites (tertiary alicyclic amines) is 1. The van der Waals surface area contributed by atoms with E-state index in [4.69, 9.17) is 10.8 Å². The number of carboxylic acid groups (broad SMARTS) is 1. The van der Waals surface area contributed by atoms with Gasteiger partial charge in [-0.3, -0.25) is 4.79 Å². The molecule has 1 aliphatic heterocycles. The Morgan fingerprint density at radius 1 is 1.56 bits per heavy atom. The van der Waals surface area contributed by atoms with Crippen LogP contribution in [0, 0.1) is 0 Å². The Morgan fingerprint density at radius 2 is 2.25 bits per heavy atom. The summed E-state index contributed by atoms with van der Waals surface area (Å²) in [7, 11) is 0. The Labute approximate surface area is 95.6 Å². The third-order valence-electron chi connectivity index (χ3n) is 3.01. The van der Waals surface area contributed by atoms with Crippen molar-refractivity contribution >= 4 is 11.9 Å². The van der Waals surface area contributed by atoms with Gasteiger partial charge in [0.1, 0.15) is 6.04 Å². The Balaban J connectivity index is 2.55. The van der Waals surface area contributed by atoms with Gasteiger partial charge < -0.3 is 15.7 Å². The first-order valence-electron chi connectivity index (χ1n) is 5.86. The number of rotatable bonds is 5. The van der Waals surface area contributed by atoms with Crippen LogP contribution in [-0.2, 0) is 9.59 Å². The number of carboxylic acids is 1. The van der Waals surface area contributed by atoms with Gasteiger partial charge in [0.2, 0.25) is 5.91 Å². The minimum absolute atomic E-state index is 0.210. The molecule has 0 radical (unpaired) electrons. The van der Waals surface area contributed by atoms with Crippen molar-refractivity contribution in [2.24, 2.45) is 5.73 Å². The molecule has 92 valence electrons. The molecule has 1 heterocycles. The molecule has 0 aromatic carbocycles. The van der Waals surface area contributed by atoms with E-state index in [1.165, 1.54) is 4.90 Å². The minimum atomic E-state index is -0.923. The molecule has 1 unspecified atom stereocenters. The van der Waals surface area contributed by atoms with Gasteiger partial charge in [0, 0.05) is 6.54 Å². The summed E-state index contributed by atoms with van der Waals surface area (Å²) < 4.78 is 0. The third-order valence-corrected chi connectivity index (χ3v) is 3.01. The van der Waals surface area contributed by atoms with Crippen LogP contribution in [0.3, 0.4) is 0 Å². The number of amides is 1. The Hall–Kier alpha value is -1.10. The van der Waals surface area contributed by atoms with Crippen LogP contribution in [0.2, 0.25) is 0 Å². The molecule has 0 saturated carbocycles. The van der Waals surface area contributed by atoms with E-state index in [0.29, 0.717) is 19.4 Å². The lowest BCUT2D eigenvalue weighted by Gasteiger charge is -2.24. The zero-order valence-corrected chi connectivity index (χ0v) is 9.69. The second-order valence-electron chi connectivity index (χ2n) is 4.28. The van der Waals surface area contributed by atoms with Gasteiger partial charge in [0.15, 0.2) is 0 Å². The number of hydrogen-bond acceptors (Lipinski definition) is 3.